The van der Waals surface area contributed by atoms with E-state index >= 15 is 0 Å². The second-order valence-corrected chi connectivity index (χ2v) is 8.57. The standard InChI is InChI=1S/C20H27N5O2S/c1-13-7-6-8-15(11-13)19(27)21-12-17-23-24-20(25(17)3)28-14(2)18(26)22-16-9-4-5-10-16/h6-8,11,14,16H,4-5,9-10,12H2,1-3H3,(H,21,27)(H,22,26)/t14-/m1/s1. The van der Waals surface area contributed by atoms with Gasteiger partial charge in [0.25, 0.3) is 5.91 Å². The Morgan fingerprint density at radius 1 is 1.29 bits per heavy atom. The van der Waals surface area contributed by atoms with Crippen LogP contribution in [-0.2, 0) is 18.4 Å². The first-order chi connectivity index (χ1) is 13.4. The van der Waals surface area contributed by atoms with Crippen molar-refractivity contribution in [2.75, 3.05) is 0 Å². The number of carbonyl (C=O) groups is 2. The Labute approximate surface area is 169 Å². The summed E-state index contributed by atoms with van der Waals surface area (Å²) in [7, 11) is 1.85. The van der Waals surface area contributed by atoms with Crippen LogP contribution in [0, 0.1) is 6.92 Å². The van der Waals surface area contributed by atoms with Crippen LogP contribution in [0.1, 0.15) is 54.4 Å². The molecule has 2 aromatic rings. The Kier molecular flexibility index (Phi) is 6.72. The number of carbonyl (C=O) groups excluding carboxylic acids is 2. The van der Waals surface area contributed by atoms with Gasteiger partial charge in [0.05, 0.1) is 11.8 Å². The molecule has 0 unspecified atom stereocenters. The van der Waals surface area contributed by atoms with E-state index in [1.807, 2.05) is 43.7 Å². The normalized spacial score (nSPS) is 15.4. The zero-order valence-electron chi connectivity index (χ0n) is 16.6. The van der Waals surface area contributed by atoms with Gasteiger partial charge >= 0.3 is 0 Å². The molecule has 1 atom stereocenters. The summed E-state index contributed by atoms with van der Waals surface area (Å²) < 4.78 is 1.82. The highest BCUT2D eigenvalue weighted by Gasteiger charge is 2.23. The molecule has 28 heavy (non-hydrogen) atoms. The van der Waals surface area contributed by atoms with Crippen LogP contribution < -0.4 is 10.6 Å². The summed E-state index contributed by atoms with van der Waals surface area (Å²) >= 11 is 1.38. The maximum atomic E-state index is 12.4. The first-order valence-electron chi connectivity index (χ1n) is 9.64. The SMILES string of the molecule is Cc1cccc(C(=O)NCc2nnc(S[C@H](C)C(=O)NC3CCCC3)n2C)c1. The molecule has 0 saturated heterocycles. The van der Waals surface area contributed by atoms with E-state index in [2.05, 4.69) is 20.8 Å². The Morgan fingerprint density at radius 3 is 2.75 bits per heavy atom. The van der Waals surface area contributed by atoms with E-state index < -0.39 is 0 Å². The summed E-state index contributed by atoms with van der Waals surface area (Å²) in [6.45, 7) is 4.11. The highest BCUT2D eigenvalue weighted by atomic mass is 32.2. The first kappa shape index (κ1) is 20.4. The lowest BCUT2D eigenvalue weighted by atomic mass is 10.1. The molecule has 7 nitrogen and oxygen atoms in total. The average molecular weight is 402 g/mol. The number of benzene rings is 1. The molecular formula is C20H27N5O2S. The lowest BCUT2D eigenvalue weighted by Crippen LogP contribution is -2.37. The third-order valence-electron chi connectivity index (χ3n) is 4.97. The van der Waals surface area contributed by atoms with Crippen LogP contribution >= 0.6 is 11.8 Å². The fourth-order valence-corrected chi connectivity index (χ4v) is 4.09. The maximum Gasteiger partial charge on any atom is 0.251 e. The molecule has 1 aromatic heterocycles. The third kappa shape index (κ3) is 5.13. The number of hydrogen-bond donors (Lipinski definition) is 2. The molecule has 150 valence electrons. The van der Waals surface area contributed by atoms with Gasteiger partial charge in [-0.25, -0.2) is 0 Å². The summed E-state index contributed by atoms with van der Waals surface area (Å²) in [5, 5.41) is 14.7. The van der Waals surface area contributed by atoms with Gasteiger partial charge in [0.15, 0.2) is 11.0 Å². The van der Waals surface area contributed by atoms with Crippen LogP contribution in [0.25, 0.3) is 0 Å². The van der Waals surface area contributed by atoms with Crippen molar-refractivity contribution in [1.29, 1.82) is 0 Å². The van der Waals surface area contributed by atoms with E-state index in [1.165, 1.54) is 24.6 Å². The highest BCUT2D eigenvalue weighted by Crippen LogP contribution is 2.23. The Morgan fingerprint density at radius 2 is 2.04 bits per heavy atom. The zero-order chi connectivity index (χ0) is 20.1. The summed E-state index contributed by atoms with van der Waals surface area (Å²) in [6, 6.07) is 7.75. The Hall–Kier alpha value is -2.35. The number of amides is 2. The topological polar surface area (TPSA) is 88.9 Å². The van der Waals surface area contributed by atoms with Gasteiger partial charge in [0.1, 0.15) is 0 Å². The van der Waals surface area contributed by atoms with Crippen molar-refractivity contribution in [2.45, 2.75) is 62.5 Å². The van der Waals surface area contributed by atoms with Gasteiger partial charge in [0, 0.05) is 18.7 Å². The average Bonchev–Trinajstić information content (AvgIpc) is 3.30. The van der Waals surface area contributed by atoms with Crippen molar-refractivity contribution < 1.29 is 9.59 Å². The fourth-order valence-electron chi connectivity index (χ4n) is 3.25. The largest absolute Gasteiger partial charge is 0.352 e. The quantitative estimate of drug-likeness (QED) is 0.696. The van der Waals surface area contributed by atoms with Gasteiger partial charge in [-0.05, 0) is 38.8 Å². The zero-order valence-corrected chi connectivity index (χ0v) is 17.4. The predicted octanol–water partition coefficient (Wildman–Crippen LogP) is 2.59. The summed E-state index contributed by atoms with van der Waals surface area (Å²) in [5.74, 6) is 0.534. The smallest absolute Gasteiger partial charge is 0.251 e. The third-order valence-corrected chi connectivity index (χ3v) is 6.10. The van der Waals surface area contributed by atoms with E-state index in [1.54, 1.807) is 6.07 Å². The highest BCUT2D eigenvalue weighted by molar-refractivity contribution is 8.00. The predicted molar refractivity (Wildman–Crippen MR) is 109 cm³/mol. The molecule has 0 aliphatic heterocycles. The number of aromatic nitrogens is 3. The van der Waals surface area contributed by atoms with E-state index in [4.69, 9.17) is 0 Å². The molecule has 1 aliphatic rings. The molecule has 1 heterocycles. The van der Waals surface area contributed by atoms with Gasteiger partial charge in [-0.1, -0.05) is 42.3 Å². The summed E-state index contributed by atoms with van der Waals surface area (Å²) in [5.41, 5.74) is 1.66. The molecule has 8 heteroatoms. The minimum absolute atomic E-state index is 0.0363. The second-order valence-electron chi connectivity index (χ2n) is 7.26. The number of nitrogens with one attached hydrogen (secondary N) is 2. The molecule has 3 rings (SSSR count). The molecule has 1 fully saturated rings. The number of nitrogens with zero attached hydrogens (tertiary/aromatic N) is 3. The van der Waals surface area contributed by atoms with Gasteiger partial charge in [-0.3, -0.25) is 9.59 Å². The van der Waals surface area contributed by atoms with Crippen molar-refractivity contribution in [3.05, 3.63) is 41.2 Å². The summed E-state index contributed by atoms with van der Waals surface area (Å²) in [4.78, 5) is 24.7. The van der Waals surface area contributed by atoms with Crippen LogP contribution in [0.15, 0.2) is 29.4 Å². The fraction of sp³-hybridized carbons (Fsp3) is 0.500. The monoisotopic (exact) mass is 401 g/mol. The number of aryl methyl sites for hydroxylation is 1. The number of rotatable bonds is 7. The van der Waals surface area contributed by atoms with Crippen molar-refractivity contribution in [2.24, 2.45) is 7.05 Å². The van der Waals surface area contributed by atoms with Crippen LogP contribution in [0.3, 0.4) is 0 Å². The van der Waals surface area contributed by atoms with Crippen molar-refractivity contribution in [1.82, 2.24) is 25.4 Å². The summed E-state index contributed by atoms with van der Waals surface area (Å²) in [6.07, 6.45) is 4.51. The minimum Gasteiger partial charge on any atom is -0.352 e. The second kappa shape index (κ2) is 9.23. The molecule has 0 bridgehead atoms. The van der Waals surface area contributed by atoms with Crippen molar-refractivity contribution >= 4 is 23.6 Å². The van der Waals surface area contributed by atoms with E-state index in [-0.39, 0.29) is 23.6 Å². The lowest BCUT2D eigenvalue weighted by Gasteiger charge is -2.16. The Balaban J connectivity index is 1.54. The number of thioether (sulfide) groups is 1. The van der Waals surface area contributed by atoms with Gasteiger partial charge < -0.3 is 15.2 Å². The van der Waals surface area contributed by atoms with Gasteiger partial charge in [0.2, 0.25) is 5.91 Å². The molecule has 0 spiro atoms. The number of hydrogen-bond acceptors (Lipinski definition) is 5. The van der Waals surface area contributed by atoms with Gasteiger partial charge in [-0.2, -0.15) is 0 Å². The van der Waals surface area contributed by atoms with E-state index in [0.717, 1.165) is 18.4 Å². The van der Waals surface area contributed by atoms with E-state index in [0.29, 0.717) is 22.6 Å². The first-order valence-corrected chi connectivity index (χ1v) is 10.5. The van der Waals surface area contributed by atoms with Crippen LogP contribution in [-0.4, -0.2) is 37.9 Å². The van der Waals surface area contributed by atoms with E-state index in [9.17, 15) is 9.59 Å². The molecule has 2 amide bonds. The Bertz CT molecular complexity index is 845. The van der Waals surface area contributed by atoms with Crippen LogP contribution in [0.4, 0.5) is 0 Å². The van der Waals surface area contributed by atoms with Crippen molar-refractivity contribution in [3.63, 3.8) is 0 Å². The molecule has 0 radical (unpaired) electrons. The molecule has 1 saturated carbocycles. The lowest BCUT2D eigenvalue weighted by molar-refractivity contribution is -0.120. The molecule has 2 N–H and O–H groups in total. The van der Waals surface area contributed by atoms with Crippen molar-refractivity contribution in [3.8, 4) is 0 Å². The molecule has 1 aliphatic carbocycles. The van der Waals surface area contributed by atoms with Gasteiger partial charge in [-0.15, -0.1) is 10.2 Å². The van der Waals surface area contributed by atoms with Crippen LogP contribution in [0.2, 0.25) is 0 Å². The molecule has 1 aromatic carbocycles. The van der Waals surface area contributed by atoms with Crippen LogP contribution in [0.5, 0.6) is 0 Å². The minimum atomic E-state index is -0.252. The molecular weight excluding hydrogens is 374 g/mol. The maximum absolute atomic E-state index is 12.4.